The quantitative estimate of drug-likeness (QED) is 0.404. The third-order valence-electron chi connectivity index (χ3n) is 5.07. The Morgan fingerprint density at radius 2 is 1.70 bits per heavy atom. The van der Waals surface area contributed by atoms with E-state index in [1.807, 2.05) is 13.8 Å². The van der Waals surface area contributed by atoms with Crippen LogP contribution >= 0.6 is 0 Å². The maximum atomic E-state index is 12.9. The molecule has 4 rings (SSSR count). The van der Waals surface area contributed by atoms with Crippen LogP contribution in [-0.4, -0.2) is 30.9 Å². The zero-order chi connectivity index (χ0) is 23.4. The Kier molecular flexibility index (Phi) is 6.46. The van der Waals surface area contributed by atoms with E-state index in [1.165, 1.54) is 0 Å². The number of hydrogen-bond donors (Lipinski definition) is 2. The summed E-state index contributed by atoms with van der Waals surface area (Å²) in [5.74, 6) is 0.777. The first-order chi connectivity index (χ1) is 15.8. The number of aromatic amines is 1. The highest BCUT2D eigenvalue weighted by Gasteiger charge is 2.18. The van der Waals surface area contributed by atoms with Gasteiger partial charge in [-0.3, -0.25) is 9.78 Å². The van der Waals surface area contributed by atoms with Crippen LogP contribution in [-0.2, 0) is 16.4 Å². The van der Waals surface area contributed by atoms with Crippen molar-refractivity contribution in [3.8, 4) is 5.75 Å². The number of fused-ring (bicyclic) bond motifs is 1. The lowest BCUT2D eigenvalue weighted by molar-refractivity contribution is 0.0946. The van der Waals surface area contributed by atoms with Crippen LogP contribution < -0.4 is 10.1 Å². The van der Waals surface area contributed by atoms with Gasteiger partial charge in [0.2, 0.25) is 9.84 Å². The summed E-state index contributed by atoms with van der Waals surface area (Å²) in [4.78, 5) is 19.9. The average molecular weight is 464 g/mol. The van der Waals surface area contributed by atoms with E-state index in [0.29, 0.717) is 24.0 Å². The molecule has 0 bridgehead atoms. The van der Waals surface area contributed by atoms with Gasteiger partial charge in [0.05, 0.1) is 16.4 Å². The summed E-state index contributed by atoms with van der Waals surface area (Å²) in [6.45, 7) is 4.94. The van der Waals surface area contributed by atoms with Crippen molar-refractivity contribution in [2.75, 3.05) is 6.61 Å². The lowest BCUT2D eigenvalue weighted by Crippen LogP contribution is -2.23. The van der Waals surface area contributed by atoms with Crippen LogP contribution in [0.1, 0.15) is 29.9 Å². The monoisotopic (exact) mass is 463 g/mol. The number of ether oxygens (including phenoxy) is 1. The van der Waals surface area contributed by atoms with Gasteiger partial charge in [0, 0.05) is 29.8 Å². The fraction of sp³-hybridized carbons (Fsp3) is 0.200. The molecule has 0 saturated carbocycles. The molecule has 0 fully saturated rings. The molecule has 33 heavy (non-hydrogen) atoms. The smallest absolute Gasteiger partial charge is 0.267 e. The van der Waals surface area contributed by atoms with E-state index < -0.39 is 9.84 Å². The molecule has 2 heterocycles. The predicted molar refractivity (Wildman–Crippen MR) is 126 cm³/mol. The number of carbonyl (C=O) groups is 1. The molecular formula is C25H25N3O4S. The number of aromatic nitrogens is 2. The van der Waals surface area contributed by atoms with Crippen molar-refractivity contribution in [3.05, 3.63) is 84.3 Å². The Morgan fingerprint density at radius 1 is 1.03 bits per heavy atom. The molecule has 4 aromatic rings. The van der Waals surface area contributed by atoms with Crippen molar-refractivity contribution in [1.29, 1.82) is 0 Å². The number of nitrogens with one attached hydrogen (secondary N) is 2. The minimum atomic E-state index is -3.65. The number of H-pyrrole nitrogens is 1. The molecule has 2 N–H and O–H groups in total. The van der Waals surface area contributed by atoms with Gasteiger partial charge in [-0.25, -0.2) is 8.42 Å². The van der Waals surface area contributed by atoms with Gasteiger partial charge in [0.15, 0.2) is 0 Å². The molecule has 0 spiro atoms. The zero-order valence-corrected chi connectivity index (χ0v) is 19.2. The van der Waals surface area contributed by atoms with Crippen molar-refractivity contribution >= 4 is 26.6 Å². The van der Waals surface area contributed by atoms with E-state index in [9.17, 15) is 13.2 Å². The van der Waals surface area contributed by atoms with E-state index in [4.69, 9.17) is 4.74 Å². The zero-order valence-electron chi connectivity index (χ0n) is 18.4. The van der Waals surface area contributed by atoms with Gasteiger partial charge in [0.1, 0.15) is 11.4 Å². The summed E-state index contributed by atoms with van der Waals surface area (Å²) in [7, 11) is -3.65. The maximum Gasteiger partial charge on any atom is 0.267 e. The second-order valence-corrected chi connectivity index (χ2v) is 10.1. The highest BCUT2D eigenvalue weighted by atomic mass is 32.2. The number of nitrogens with zero attached hydrogens (tertiary/aromatic N) is 1. The number of sulfone groups is 1. The minimum absolute atomic E-state index is 0.191. The van der Waals surface area contributed by atoms with E-state index in [-0.39, 0.29) is 22.2 Å². The first kappa shape index (κ1) is 22.5. The molecule has 2 aromatic carbocycles. The predicted octanol–water partition coefficient (Wildman–Crippen LogP) is 4.36. The molecule has 0 unspecified atom stereocenters. The van der Waals surface area contributed by atoms with Crippen molar-refractivity contribution in [1.82, 2.24) is 15.3 Å². The summed E-state index contributed by atoms with van der Waals surface area (Å²) < 4.78 is 31.5. The molecule has 0 aliphatic rings. The van der Waals surface area contributed by atoms with Gasteiger partial charge in [-0.1, -0.05) is 26.0 Å². The fourth-order valence-electron chi connectivity index (χ4n) is 3.27. The lowest BCUT2D eigenvalue weighted by Gasteiger charge is -2.10. The molecule has 8 heteroatoms. The Bertz CT molecular complexity index is 1330. The Balaban J connectivity index is 1.40. The van der Waals surface area contributed by atoms with Gasteiger partial charge < -0.3 is 15.0 Å². The second-order valence-electron chi connectivity index (χ2n) is 8.15. The third kappa shape index (κ3) is 5.23. The molecule has 170 valence electrons. The number of hydrogen-bond acceptors (Lipinski definition) is 5. The van der Waals surface area contributed by atoms with Gasteiger partial charge in [-0.15, -0.1) is 0 Å². The summed E-state index contributed by atoms with van der Waals surface area (Å²) >= 11 is 0. The minimum Gasteiger partial charge on any atom is -0.493 e. The Hall–Kier alpha value is -3.65. The third-order valence-corrected chi connectivity index (χ3v) is 6.86. The first-order valence-electron chi connectivity index (χ1n) is 10.6. The molecule has 2 aromatic heterocycles. The van der Waals surface area contributed by atoms with Crippen molar-refractivity contribution in [2.45, 2.75) is 30.2 Å². The largest absolute Gasteiger partial charge is 0.493 e. The Morgan fingerprint density at radius 3 is 2.33 bits per heavy atom. The van der Waals surface area contributed by atoms with E-state index >= 15 is 0 Å². The summed E-state index contributed by atoms with van der Waals surface area (Å²) in [6, 6.07) is 16.5. The van der Waals surface area contributed by atoms with Crippen molar-refractivity contribution in [2.24, 2.45) is 5.92 Å². The summed E-state index contributed by atoms with van der Waals surface area (Å²) in [5.41, 5.74) is 2.07. The van der Waals surface area contributed by atoms with Crippen LogP contribution in [0.2, 0.25) is 0 Å². The fourth-order valence-corrected chi connectivity index (χ4v) is 4.53. The summed E-state index contributed by atoms with van der Waals surface area (Å²) in [5, 5.41) is 3.70. The van der Waals surface area contributed by atoms with Gasteiger partial charge in [-0.2, -0.15) is 0 Å². The molecule has 0 aliphatic heterocycles. The van der Waals surface area contributed by atoms with Gasteiger partial charge >= 0.3 is 0 Å². The maximum absolute atomic E-state index is 12.9. The van der Waals surface area contributed by atoms with E-state index in [1.54, 1.807) is 73.1 Å². The normalized spacial score (nSPS) is 11.6. The molecule has 0 radical (unpaired) electrons. The number of rotatable bonds is 8. The lowest BCUT2D eigenvalue weighted by atomic mass is 10.2. The number of pyridine rings is 1. The topological polar surface area (TPSA) is 101 Å². The van der Waals surface area contributed by atoms with Crippen LogP contribution in [0.5, 0.6) is 5.75 Å². The van der Waals surface area contributed by atoms with E-state index in [2.05, 4.69) is 15.3 Å². The van der Waals surface area contributed by atoms with Gasteiger partial charge in [0.25, 0.3) is 5.91 Å². The van der Waals surface area contributed by atoms with Crippen molar-refractivity contribution < 1.29 is 17.9 Å². The molecular weight excluding hydrogens is 438 g/mol. The number of benzene rings is 2. The Labute approximate surface area is 192 Å². The molecule has 7 nitrogen and oxygen atoms in total. The molecule has 0 atom stereocenters. The highest BCUT2D eigenvalue weighted by molar-refractivity contribution is 7.91. The number of amides is 1. The van der Waals surface area contributed by atoms with Crippen LogP contribution in [0.15, 0.2) is 82.8 Å². The molecule has 0 saturated heterocycles. The van der Waals surface area contributed by atoms with E-state index in [0.717, 1.165) is 16.5 Å². The van der Waals surface area contributed by atoms with Gasteiger partial charge in [-0.05, 0) is 60.0 Å². The van der Waals surface area contributed by atoms with Crippen molar-refractivity contribution in [3.63, 3.8) is 0 Å². The highest BCUT2D eigenvalue weighted by Crippen LogP contribution is 2.24. The molecule has 0 aliphatic carbocycles. The van der Waals surface area contributed by atoms with Crippen LogP contribution in [0.3, 0.4) is 0 Å². The first-order valence-corrected chi connectivity index (χ1v) is 12.1. The standard InChI is InChI=1S/C25H25N3O4S/c1-17(2)16-32-20-5-9-22(10-6-20)33(30,31)21-7-3-18(4-8-21)14-27-25(29)24-13-19-15-26-12-11-23(19)28-24/h3-13,15,17,28H,14,16H2,1-2H3,(H,27,29). The van der Waals surface area contributed by atoms with Crippen LogP contribution in [0.4, 0.5) is 0 Å². The van der Waals surface area contributed by atoms with Crippen LogP contribution in [0, 0.1) is 5.92 Å². The average Bonchev–Trinajstić information content (AvgIpc) is 3.26. The summed E-state index contributed by atoms with van der Waals surface area (Å²) in [6.07, 6.45) is 3.35. The second kappa shape index (κ2) is 9.46. The number of carbonyl (C=O) groups excluding carboxylic acids is 1. The molecule has 1 amide bonds. The van der Waals surface area contributed by atoms with Crippen LogP contribution in [0.25, 0.3) is 10.9 Å². The SMILES string of the molecule is CC(C)COc1ccc(S(=O)(=O)c2ccc(CNC(=O)c3cc4cnccc4[nH]3)cc2)cc1.